The minimum atomic E-state index is 0.139. The van der Waals surface area contributed by atoms with Crippen molar-refractivity contribution in [2.24, 2.45) is 5.92 Å². The van der Waals surface area contributed by atoms with Gasteiger partial charge >= 0.3 is 0 Å². The van der Waals surface area contributed by atoms with Gasteiger partial charge in [-0.3, -0.25) is 9.69 Å². The molecular weight excluding hydrogens is 178 g/mol. The van der Waals surface area contributed by atoms with E-state index in [0.29, 0.717) is 12.5 Å². The van der Waals surface area contributed by atoms with Crippen molar-refractivity contribution in [3.8, 4) is 0 Å². The van der Waals surface area contributed by atoms with E-state index in [-0.39, 0.29) is 5.91 Å². The van der Waals surface area contributed by atoms with Gasteiger partial charge in [0.1, 0.15) is 0 Å². The topological polar surface area (TPSA) is 46.4 Å². The Morgan fingerprint density at radius 2 is 2.07 bits per heavy atom. The summed E-state index contributed by atoms with van der Waals surface area (Å²) in [6.45, 7) is 9.10. The average Bonchev–Trinajstić information content (AvgIpc) is 2.16. The van der Waals surface area contributed by atoms with Crippen LogP contribution in [0.1, 0.15) is 13.8 Å². The van der Waals surface area contributed by atoms with Crippen LogP contribution in [0.3, 0.4) is 0 Å². The lowest BCUT2D eigenvalue weighted by atomic mass is 10.2. The highest BCUT2D eigenvalue weighted by Crippen LogP contribution is 1.93. The first-order valence-electron chi connectivity index (χ1n) is 5.31. The molecule has 4 nitrogen and oxygen atoms in total. The van der Waals surface area contributed by atoms with Crippen LogP contribution in [-0.2, 0) is 4.79 Å². The predicted octanol–water partition coefficient (Wildman–Crippen LogP) is -0.321. The summed E-state index contributed by atoms with van der Waals surface area (Å²) in [5.74, 6) is 0.663. The van der Waals surface area contributed by atoms with E-state index >= 15 is 0 Å². The number of nitrogens with one attached hydrogen (secondary N) is 1. The Balaban J connectivity index is 2.12. The van der Waals surface area contributed by atoms with Crippen molar-refractivity contribution in [1.29, 1.82) is 0 Å². The van der Waals surface area contributed by atoms with Crippen LogP contribution in [0, 0.1) is 5.92 Å². The van der Waals surface area contributed by atoms with Crippen LogP contribution >= 0.6 is 0 Å². The highest BCUT2D eigenvalue weighted by Gasteiger charge is 2.13. The molecule has 0 atom stereocenters. The second kappa shape index (κ2) is 5.98. The normalized spacial score (nSPS) is 18.5. The highest BCUT2D eigenvalue weighted by atomic mass is 16.2. The molecule has 81 valence electrons. The number of hydrogen-bond acceptors (Lipinski definition) is 2. The lowest BCUT2D eigenvalue weighted by Crippen LogP contribution is -2.45. The molecule has 0 aliphatic carbocycles. The summed E-state index contributed by atoms with van der Waals surface area (Å²) in [4.78, 5) is 13.6. The van der Waals surface area contributed by atoms with Crippen molar-refractivity contribution in [1.82, 2.24) is 15.5 Å². The lowest BCUT2D eigenvalue weighted by molar-refractivity contribution is -0.122. The second-order valence-corrected chi connectivity index (χ2v) is 4.14. The maximum atomic E-state index is 11.4. The van der Waals surface area contributed by atoms with E-state index in [1.807, 2.05) is 0 Å². The van der Waals surface area contributed by atoms with Crippen LogP contribution in [-0.4, -0.2) is 50.1 Å². The SMILES string of the molecule is CC(C)CNC(=O)CN1CC[N]CC1. The van der Waals surface area contributed by atoms with Crippen LogP contribution in [0.2, 0.25) is 0 Å². The molecule has 1 aliphatic heterocycles. The zero-order valence-electron chi connectivity index (χ0n) is 9.12. The predicted molar refractivity (Wildman–Crippen MR) is 56.2 cm³/mol. The molecule has 1 fully saturated rings. The van der Waals surface area contributed by atoms with E-state index in [9.17, 15) is 4.79 Å². The van der Waals surface area contributed by atoms with Gasteiger partial charge in [0, 0.05) is 32.7 Å². The Hall–Kier alpha value is -0.610. The van der Waals surface area contributed by atoms with Crippen molar-refractivity contribution < 1.29 is 4.79 Å². The van der Waals surface area contributed by atoms with Gasteiger partial charge in [0.2, 0.25) is 5.91 Å². The molecule has 0 spiro atoms. The van der Waals surface area contributed by atoms with E-state index in [4.69, 9.17) is 0 Å². The zero-order chi connectivity index (χ0) is 10.4. The number of nitrogens with zero attached hydrogens (tertiary/aromatic N) is 2. The van der Waals surface area contributed by atoms with Crippen LogP contribution in [0.4, 0.5) is 0 Å². The standard InChI is InChI=1S/C10H20N3O/c1-9(2)7-12-10(14)8-13-5-3-11-4-6-13/h9H,3-8H2,1-2H3,(H,12,14). The largest absolute Gasteiger partial charge is 0.355 e. The number of hydrogen-bond donors (Lipinski definition) is 1. The minimum Gasteiger partial charge on any atom is -0.355 e. The summed E-state index contributed by atoms with van der Waals surface area (Å²) < 4.78 is 0. The van der Waals surface area contributed by atoms with Gasteiger partial charge in [-0.2, -0.15) is 0 Å². The molecule has 1 rings (SSSR count). The summed E-state index contributed by atoms with van der Waals surface area (Å²) in [7, 11) is 0. The molecule has 0 saturated carbocycles. The fraction of sp³-hybridized carbons (Fsp3) is 0.900. The molecule has 0 unspecified atom stereocenters. The molecule has 0 bridgehead atoms. The number of rotatable bonds is 4. The first-order chi connectivity index (χ1) is 6.68. The van der Waals surface area contributed by atoms with Gasteiger partial charge in [-0.25, -0.2) is 5.32 Å². The first kappa shape index (κ1) is 11.5. The van der Waals surface area contributed by atoms with Gasteiger partial charge in [-0.1, -0.05) is 13.8 Å². The molecule has 1 saturated heterocycles. The van der Waals surface area contributed by atoms with Crippen molar-refractivity contribution in [3.63, 3.8) is 0 Å². The van der Waals surface area contributed by atoms with Gasteiger partial charge in [0.15, 0.2) is 0 Å². The van der Waals surface area contributed by atoms with E-state index in [0.717, 1.165) is 32.7 Å². The third-order valence-corrected chi connectivity index (χ3v) is 2.22. The number of piperazine rings is 1. The Labute approximate surface area is 86.0 Å². The molecule has 1 radical (unpaired) electrons. The van der Waals surface area contributed by atoms with Gasteiger partial charge < -0.3 is 5.32 Å². The maximum Gasteiger partial charge on any atom is 0.234 e. The summed E-state index contributed by atoms with van der Waals surface area (Å²) in [6.07, 6.45) is 0. The molecule has 1 aliphatic rings. The summed E-state index contributed by atoms with van der Waals surface area (Å²) in [6, 6.07) is 0. The van der Waals surface area contributed by atoms with Crippen LogP contribution in [0.25, 0.3) is 0 Å². The minimum absolute atomic E-state index is 0.139. The zero-order valence-corrected chi connectivity index (χ0v) is 9.12. The van der Waals surface area contributed by atoms with Crippen LogP contribution in [0.15, 0.2) is 0 Å². The van der Waals surface area contributed by atoms with E-state index in [1.54, 1.807) is 0 Å². The van der Waals surface area contributed by atoms with Crippen molar-refractivity contribution in [2.75, 3.05) is 39.3 Å². The molecular formula is C10H20N3O. The second-order valence-electron chi connectivity index (χ2n) is 4.14. The summed E-state index contributed by atoms with van der Waals surface area (Å²) in [5.41, 5.74) is 0. The molecule has 0 aromatic heterocycles. The van der Waals surface area contributed by atoms with Crippen LogP contribution < -0.4 is 10.6 Å². The molecule has 0 aromatic rings. The summed E-state index contributed by atoms with van der Waals surface area (Å²) in [5, 5.41) is 7.15. The molecule has 1 amide bonds. The molecule has 4 heteroatoms. The Morgan fingerprint density at radius 3 is 2.64 bits per heavy atom. The first-order valence-corrected chi connectivity index (χ1v) is 5.31. The van der Waals surface area contributed by atoms with Gasteiger partial charge in [0.25, 0.3) is 0 Å². The number of carbonyl (C=O) groups is 1. The fourth-order valence-electron chi connectivity index (χ4n) is 1.38. The Kier molecular flexibility index (Phi) is 4.90. The Morgan fingerprint density at radius 1 is 1.43 bits per heavy atom. The van der Waals surface area contributed by atoms with E-state index in [2.05, 4.69) is 29.4 Å². The molecule has 0 aromatic carbocycles. The monoisotopic (exact) mass is 198 g/mol. The van der Waals surface area contributed by atoms with Gasteiger partial charge in [-0.05, 0) is 5.92 Å². The fourth-order valence-corrected chi connectivity index (χ4v) is 1.38. The highest BCUT2D eigenvalue weighted by molar-refractivity contribution is 5.78. The molecule has 14 heavy (non-hydrogen) atoms. The molecule has 1 N–H and O–H groups in total. The van der Waals surface area contributed by atoms with Crippen molar-refractivity contribution >= 4 is 5.91 Å². The third-order valence-electron chi connectivity index (χ3n) is 2.22. The van der Waals surface area contributed by atoms with Gasteiger partial charge in [0.05, 0.1) is 6.54 Å². The lowest BCUT2D eigenvalue weighted by Gasteiger charge is -2.25. The van der Waals surface area contributed by atoms with Gasteiger partial charge in [-0.15, -0.1) is 0 Å². The van der Waals surface area contributed by atoms with Crippen molar-refractivity contribution in [3.05, 3.63) is 0 Å². The van der Waals surface area contributed by atoms with E-state index < -0.39 is 0 Å². The average molecular weight is 198 g/mol. The Bertz CT molecular complexity index is 176. The third kappa shape index (κ3) is 4.58. The maximum absolute atomic E-state index is 11.4. The smallest absolute Gasteiger partial charge is 0.234 e. The quantitative estimate of drug-likeness (QED) is 0.673. The number of amides is 1. The number of carbonyl (C=O) groups excluding carboxylic acids is 1. The van der Waals surface area contributed by atoms with E-state index in [1.165, 1.54) is 0 Å². The van der Waals surface area contributed by atoms with Crippen LogP contribution in [0.5, 0.6) is 0 Å². The summed E-state index contributed by atoms with van der Waals surface area (Å²) >= 11 is 0. The molecule has 1 heterocycles. The van der Waals surface area contributed by atoms with Crippen molar-refractivity contribution in [2.45, 2.75) is 13.8 Å².